The maximum Gasteiger partial charge on any atom is 0.110 e. The summed E-state index contributed by atoms with van der Waals surface area (Å²) in [6, 6.07) is 5.33. The molecule has 0 spiro atoms. The van der Waals surface area contributed by atoms with Crippen molar-refractivity contribution in [1.82, 2.24) is 4.98 Å². The minimum absolute atomic E-state index is 0.0401. The maximum atomic E-state index is 6.16. The summed E-state index contributed by atoms with van der Waals surface area (Å²) < 4.78 is 0. The largest absolute Gasteiger partial charge is 0.322 e. The van der Waals surface area contributed by atoms with Crippen molar-refractivity contribution in [2.75, 3.05) is 0 Å². The lowest BCUT2D eigenvalue weighted by Gasteiger charge is -2.11. The van der Waals surface area contributed by atoms with Gasteiger partial charge in [-0.3, -0.25) is 0 Å². The van der Waals surface area contributed by atoms with Gasteiger partial charge in [-0.2, -0.15) is 0 Å². The number of rotatable bonds is 3. The van der Waals surface area contributed by atoms with Crippen molar-refractivity contribution < 1.29 is 0 Å². The number of hydrogen-bond donors (Lipinski definition) is 1. The molecule has 96 valence electrons. The van der Waals surface area contributed by atoms with Gasteiger partial charge < -0.3 is 5.73 Å². The lowest BCUT2D eigenvalue weighted by Crippen LogP contribution is -2.16. The fraction of sp³-hybridized carbons (Fsp3) is 0.308. The molecule has 1 atom stereocenters. The molecule has 2 aromatic rings. The van der Waals surface area contributed by atoms with Gasteiger partial charge in [0.1, 0.15) is 5.01 Å². The molecule has 0 fully saturated rings. The quantitative estimate of drug-likeness (QED) is 0.886. The third-order valence-corrected chi connectivity index (χ3v) is 4.24. The Kier molecular flexibility index (Phi) is 4.28. The molecular weight excluding hydrogens is 287 g/mol. The van der Waals surface area contributed by atoms with E-state index in [4.69, 9.17) is 28.9 Å². The normalized spacial score (nSPS) is 13.0. The predicted molar refractivity (Wildman–Crippen MR) is 79.3 cm³/mol. The molecular formula is C13H14Cl2N2S. The van der Waals surface area contributed by atoms with Crippen LogP contribution in [0.2, 0.25) is 10.0 Å². The molecule has 2 N–H and O–H groups in total. The van der Waals surface area contributed by atoms with Gasteiger partial charge in [-0.15, -0.1) is 11.3 Å². The van der Waals surface area contributed by atoms with Crippen LogP contribution in [0.4, 0.5) is 0 Å². The highest BCUT2D eigenvalue weighted by atomic mass is 35.5. The van der Waals surface area contributed by atoms with E-state index in [1.165, 1.54) is 0 Å². The molecule has 2 rings (SSSR count). The van der Waals surface area contributed by atoms with Crippen LogP contribution in [0, 0.1) is 5.92 Å². The molecule has 2 nitrogen and oxygen atoms in total. The molecule has 0 amide bonds. The van der Waals surface area contributed by atoms with E-state index in [-0.39, 0.29) is 6.04 Å². The van der Waals surface area contributed by atoms with Crippen molar-refractivity contribution in [1.29, 1.82) is 0 Å². The van der Waals surface area contributed by atoms with Gasteiger partial charge in [-0.05, 0) is 24.1 Å². The van der Waals surface area contributed by atoms with E-state index in [0.29, 0.717) is 16.0 Å². The molecule has 1 heterocycles. The first-order chi connectivity index (χ1) is 8.49. The Hall–Kier alpha value is -0.610. The summed E-state index contributed by atoms with van der Waals surface area (Å²) in [6.45, 7) is 4.16. The Bertz CT molecular complexity index is 552. The van der Waals surface area contributed by atoms with Crippen LogP contribution < -0.4 is 5.73 Å². The van der Waals surface area contributed by atoms with Gasteiger partial charge in [0, 0.05) is 16.0 Å². The third-order valence-electron chi connectivity index (χ3n) is 2.73. The summed E-state index contributed by atoms with van der Waals surface area (Å²) in [5.41, 5.74) is 7.77. The van der Waals surface area contributed by atoms with Gasteiger partial charge in [0.15, 0.2) is 0 Å². The molecule has 5 heteroatoms. The van der Waals surface area contributed by atoms with Gasteiger partial charge in [-0.1, -0.05) is 37.0 Å². The summed E-state index contributed by atoms with van der Waals surface area (Å²) in [6.07, 6.45) is 0. The van der Waals surface area contributed by atoms with Crippen molar-refractivity contribution in [3.8, 4) is 11.3 Å². The van der Waals surface area contributed by atoms with Crippen LogP contribution in [0.3, 0.4) is 0 Å². The zero-order chi connectivity index (χ0) is 13.3. The van der Waals surface area contributed by atoms with Crippen molar-refractivity contribution in [3.05, 3.63) is 38.6 Å². The second-order valence-electron chi connectivity index (χ2n) is 4.46. The van der Waals surface area contributed by atoms with Gasteiger partial charge in [0.25, 0.3) is 0 Å². The SMILES string of the molecule is CC(C)C(N)c1nc(-c2cc(Cl)ccc2Cl)cs1. The second-order valence-corrected chi connectivity index (χ2v) is 6.20. The van der Waals surface area contributed by atoms with Gasteiger partial charge in [0.2, 0.25) is 0 Å². The van der Waals surface area contributed by atoms with E-state index >= 15 is 0 Å². The van der Waals surface area contributed by atoms with Crippen molar-refractivity contribution in [3.63, 3.8) is 0 Å². The molecule has 0 aliphatic heterocycles. The lowest BCUT2D eigenvalue weighted by molar-refractivity contribution is 0.512. The van der Waals surface area contributed by atoms with Gasteiger partial charge in [0.05, 0.1) is 16.8 Å². The molecule has 1 unspecified atom stereocenters. The van der Waals surface area contributed by atoms with E-state index in [9.17, 15) is 0 Å². The van der Waals surface area contributed by atoms with Crippen molar-refractivity contribution in [2.45, 2.75) is 19.9 Å². The molecule has 0 aliphatic carbocycles. The van der Waals surface area contributed by atoms with Crippen LogP contribution >= 0.6 is 34.5 Å². The Balaban J connectivity index is 2.38. The first-order valence-electron chi connectivity index (χ1n) is 5.65. The molecule has 18 heavy (non-hydrogen) atoms. The first-order valence-corrected chi connectivity index (χ1v) is 7.29. The Morgan fingerprint density at radius 2 is 2.00 bits per heavy atom. The Morgan fingerprint density at radius 1 is 1.28 bits per heavy atom. The molecule has 0 radical (unpaired) electrons. The Labute approximate surface area is 121 Å². The van der Waals surface area contributed by atoms with E-state index < -0.39 is 0 Å². The van der Waals surface area contributed by atoms with Gasteiger partial charge >= 0.3 is 0 Å². The highest BCUT2D eigenvalue weighted by Gasteiger charge is 2.16. The highest BCUT2D eigenvalue weighted by Crippen LogP contribution is 2.33. The fourth-order valence-electron chi connectivity index (χ4n) is 1.54. The average Bonchev–Trinajstić information content (AvgIpc) is 2.80. The Morgan fingerprint density at radius 3 is 2.67 bits per heavy atom. The van der Waals surface area contributed by atoms with E-state index in [1.54, 1.807) is 23.5 Å². The maximum absolute atomic E-state index is 6.16. The van der Waals surface area contributed by atoms with Crippen LogP contribution in [-0.2, 0) is 0 Å². The predicted octanol–water partition coefficient (Wildman–Crippen LogP) is 4.77. The summed E-state index contributed by atoms with van der Waals surface area (Å²) in [5.74, 6) is 0.360. The zero-order valence-electron chi connectivity index (χ0n) is 10.2. The second kappa shape index (κ2) is 5.57. The van der Waals surface area contributed by atoms with Crippen LogP contribution in [0.15, 0.2) is 23.6 Å². The lowest BCUT2D eigenvalue weighted by atomic mass is 10.1. The smallest absolute Gasteiger partial charge is 0.110 e. The topological polar surface area (TPSA) is 38.9 Å². The van der Waals surface area contributed by atoms with Crippen LogP contribution in [0.25, 0.3) is 11.3 Å². The van der Waals surface area contributed by atoms with Gasteiger partial charge in [-0.25, -0.2) is 4.98 Å². The van der Waals surface area contributed by atoms with Crippen molar-refractivity contribution in [2.24, 2.45) is 11.7 Å². The van der Waals surface area contributed by atoms with Crippen LogP contribution in [0.5, 0.6) is 0 Å². The van der Waals surface area contributed by atoms with E-state index in [0.717, 1.165) is 16.3 Å². The van der Waals surface area contributed by atoms with Crippen molar-refractivity contribution >= 4 is 34.5 Å². The fourth-order valence-corrected chi connectivity index (χ4v) is 2.92. The molecule has 1 aromatic heterocycles. The molecule has 0 bridgehead atoms. The number of halogens is 2. The monoisotopic (exact) mass is 300 g/mol. The van der Waals surface area contributed by atoms with Crippen LogP contribution in [0.1, 0.15) is 24.9 Å². The standard InChI is InChI=1S/C13H14Cl2N2S/c1-7(2)12(16)13-17-11(6-18-13)9-5-8(14)3-4-10(9)15/h3-7,12H,16H2,1-2H3. The zero-order valence-corrected chi connectivity index (χ0v) is 12.5. The molecule has 0 saturated carbocycles. The first kappa shape index (κ1) is 13.8. The molecule has 0 saturated heterocycles. The van der Waals surface area contributed by atoms with E-state index in [1.807, 2.05) is 11.4 Å². The number of nitrogens with zero attached hydrogens (tertiary/aromatic N) is 1. The minimum atomic E-state index is -0.0401. The number of thiazole rings is 1. The molecule has 1 aromatic carbocycles. The summed E-state index contributed by atoms with van der Waals surface area (Å²) in [5, 5.41) is 4.19. The average molecular weight is 301 g/mol. The van der Waals surface area contributed by atoms with Crippen LogP contribution in [-0.4, -0.2) is 4.98 Å². The molecule has 0 aliphatic rings. The summed E-state index contributed by atoms with van der Waals surface area (Å²) in [4.78, 5) is 4.55. The third kappa shape index (κ3) is 2.86. The number of hydrogen-bond acceptors (Lipinski definition) is 3. The summed E-state index contributed by atoms with van der Waals surface area (Å²) >= 11 is 13.7. The van der Waals surface area contributed by atoms with E-state index in [2.05, 4.69) is 18.8 Å². The number of aromatic nitrogens is 1. The minimum Gasteiger partial charge on any atom is -0.322 e. The number of benzene rings is 1. The number of nitrogens with two attached hydrogens (primary N) is 1. The summed E-state index contributed by atoms with van der Waals surface area (Å²) in [7, 11) is 0. The highest BCUT2D eigenvalue weighted by molar-refractivity contribution is 7.10.